The summed E-state index contributed by atoms with van der Waals surface area (Å²) in [5.41, 5.74) is -0.941. The minimum atomic E-state index is -4.49. The van der Waals surface area contributed by atoms with E-state index in [1.165, 1.54) is 6.20 Å². The van der Waals surface area contributed by atoms with Gasteiger partial charge in [-0.05, 0) is 25.0 Å². The van der Waals surface area contributed by atoms with E-state index < -0.39 is 17.3 Å². The molecule has 0 radical (unpaired) electrons. The maximum atomic E-state index is 12.6. The van der Waals surface area contributed by atoms with Crippen molar-refractivity contribution < 1.29 is 13.2 Å². The number of halogens is 4. The number of anilines is 1. The normalized spacial score (nSPS) is 15.9. The Morgan fingerprint density at radius 3 is 2.28 bits per heavy atom. The predicted molar refractivity (Wildman–Crippen MR) is 88.3 cm³/mol. The molecular weight excluding hydrogens is 357 g/mol. The van der Waals surface area contributed by atoms with E-state index in [4.69, 9.17) is 11.6 Å². The van der Waals surface area contributed by atoms with E-state index in [0.717, 1.165) is 55.6 Å². The lowest BCUT2D eigenvalue weighted by molar-refractivity contribution is -0.137. The summed E-state index contributed by atoms with van der Waals surface area (Å²) in [5.74, 6) is -0.0117. The van der Waals surface area contributed by atoms with Crippen molar-refractivity contribution in [2.75, 3.05) is 18.0 Å². The average Bonchev–Trinajstić information content (AvgIpc) is 2.86. The summed E-state index contributed by atoms with van der Waals surface area (Å²) in [6.45, 7) is 1.59. The van der Waals surface area contributed by atoms with Gasteiger partial charge in [0.2, 0.25) is 0 Å². The van der Waals surface area contributed by atoms with Crippen LogP contribution < -0.4 is 10.5 Å². The van der Waals surface area contributed by atoms with Crippen LogP contribution in [-0.2, 0) is 6.18 Å². The summed E-state index contributed by atoms with van der Waals surface area (Å²) in [4.78, 5) is 18.2. The van der Waals surface area contributed by atoms with E-state index >= 15 is 0 Å². The molecule has 3 heterocycles. The first kappa shape index (κ1) is 17.7. The van der Waals surface area contributed by atoms with Crippen LogP contribution in [0.5, 0.6) is 0 Å². The number of nitrogens with zero attached hydrogens (tertiary/aromatic N) is 4. The Hall–Kier alpha value is -2.09. The van der Waals surface area contributed by atoms with E-state index in [2.05, 4.69) is 10.1 Å². The maximum absolute atomic E-state index is 12.6. The van der Waals surface area contributed by atoms with Crippen molar-refractivity contribution in [2.45, 2.75) is 31.9 Å². The Morgan fingerprint density at radius 2 is 1.72 bits per heavy atom. The highest BCUT2D eigenvalue weighted by Gasteiger charge is 2.30. The van der Waals surface area contributed by atoms with Gasteiger partial charge in [0.15, 0.2) is 5.82 Å². The highest BCUT2D eigenvalue weighted by atomic mass is 35.5. The zero-order chi connectivity index (χ0) is 18.0. The third kappa shape index (κ3) is 3.78. The summed E-state index contributed by atoms with van der Waals surface area (Å²) in [5, 5.41) is 4.04. The number of rotatable bonds is 2. The quantitative estimate of drug-likeness (QED) is 0.807. The van der Waals surface area contributed by atoms with Crippen molar-refractivity contribution in [3.63, 3.8) is 0 Å². The molecule has 0 aliphatic carbocycles. The molecule has 25 heavy (non-hydrogen) atoms. The van der Waals surface area contributed by atoms with Crippen LogP contribution in [0.2, 0.25) is 5.02 Å². The van der Waals surface area contributed by atoms with Crippen molar-refractivity contribution in [2.24, 2.45) is 0 Å². The summed E-state index contributed by atoms with van der Waals surface area (Å²) in [7, 11) is 0. The molecule has 0 amide bonds. The zero-order valence-electron chi connectivity index (χ0n) is 13.3. The molecule has 9 heteroatoms. The fourth-order valence-corrected chi connectivity index (χ4v) is 3.05. The Morgan fingerprint density at radius 1 is 1.04 bits per heavy atom. The second-order valence-electron chi connectivity index (χ2n) is 5.86. The lowest BCUT2D eigenvalue weighted by Gasteiger charge is -2.23. The third-order valence-corrected chi connectivity index (χ3v) is 4.49. The molecule has 2 aromatic rings. The fourth-order valence-electron chi connectivity index (χ4n) is 2.80. The number of hydrogen-bond donors (Lipinski definition) is 0. The summed E-state index contributed by atoms with van der Waals surface area (Å²) < 4.78 is 38.7. The van der Waals surface area contributed by atoms with Gasteiger partial charge in [-0.3, -0.25) is 4.79 Å². The van der Waals surface area contributed by atoms with Crippen LogP contribution in [0.25, 0.3) is 5.82 Å². The molecule has 1 saturated heterocycles. The molecule has 5 nitrogen and oxygen atoms in total. The van der Waals surface area contributed by atoms with Gasteiger partial charge in [-0.25, -0.2) is 4.98 Å². The molecule has 0 bridgehead atoms. The second kappa shape index (κ2) is 7.03. The van der Waals surface area contributed by atoms with Crippen molar-refractivity contribution >= 4 is 17.3 Å². The minimum absolute atomic E-state index is 0.00130. The molecule has 1 aliphatic rings. The molecule has 2 aromatic heterocycles. The first-order valence-electron chi connectivity index (χ1n) is 7.94. The first-order valence-corrected chi connectivity index (χ1v) is 8.32. The van der Waals surface area contributed by atoms with Crippen LogP contribution in [0.3, 0.4) is 0 Å². The summed E-state index contributed by atoms with van der Waals surface area (Å²) in [6, 6.07) is 1.95. The SMILES string of the molecule is O=c1c(Cl)c(N2CCCCCC2)cnn1-c1ccc(C(F)(F)F)cn1. The molecule has 3 rings (SSSR count). The highest BCUT2D eigenvalue weighted by Crippen LogP contribution is 2.29. The second-order valence-corrected chi connectivity index (χ2v) is 6.24. The number of pyridine rings is 1. The smallest absolute Gasteiger partial charge is 0.369 e. The Bertz CT molecular complexity index is 797. The molecule has 0 atom stereocenters. The average molecular weight is 373 g/mol. The summed E-state index contributed by atoms with van der Waals surface area (Å²) >= 11 is 6.22. The molecule has 0 unspecified atom stereocenters. The van der Waals surface area contributed by atoms with Gasteiger partial charge in [0, 0.05) is 19.3 Å². The molecule has 134 valence electrons. The van der Waals surface area contributed by atoms with E-state index in [1.807, 2.05) is 4.90 Å². The monoisotopic (exact) mass is 372 g/mol. The molecule has 0 aromatic carbocycles. The van der Waals surface area contributed by atoms with Gasteiger partial charge in [-0.15, -0.1) is 0 Å². The van der Waals surface area contributed by atoms with Crippen molar-refractivity contribution in [1.29, 1.82) is 0 Å². The molecular formula is C16H16ClF3N4O. The van der Waals surface area contributed by atoms with Crippen LogP contribution >= 0.6 is 11.6 Å². The predicted octanol–water partition coefficient (Wildman–Crippen LogP) is 3.68. The van der Waals surface area contributed by atoms with Crippen LogP contribution in [0, 0.1) is 0 Å². The fraction of sp³-hybridized carbons (Fsp3) is 0.438. The molecule has 1 aliphatic heterocycles. The Kier molecular flexibility index (Phi) is 4.99. The third-order valence-electron chi connectivity index (χ3n) is 4.14. The molecule has 0 saturated carbocycles. The van der Waals surface area contributed by atoms with Crippen molar-refractivity contribution in [1.82, 2.24) is 14.8 Å². The van der Waals surface area contributed by atoms with Crippen molar-refractivity contribution in [3.05, 3.63) is 45.5 Å². The van der Waals surface area contributed by atoms with Gasteiger partial charge in [0.05, 0.1) is 17.4 Å². The van der Waals surface area contributed by atoms with Crippen LogP contribution in [0.15, 0.2) is 29.3 Å². The van der Waals surface area contributed by atoms with Gasteiger partial charge in [-0.2, -0.15) is 23.0 Å². The Labute approximate surface area is 147 Å². The van der Waals surface area contributed by atoms with Gasteiger partial charge < -0.3 is 4.90 Å². The molecule has 0 spiro atoms. The number of hydrogen-bond acceptors (Lipinski definition) is 4. The largest absolute Gasteiger partial charge is 0.417 e. The molecule has 0 N–H and O–H groups in total. The lowest BCUT2D eigenvalue weighted by atomic mass is 10.2. The number of aromatic nitrogens is 3. The highest BCUT2D eigenvalue weighted by molar-refractivity contribution is 6.33. The lowest BCUT2D eigenvalue weighted by Crippen LogP contribution is -2.29. The zero-order valence-corrected chi connectivity index (χ0v) is 14.0. The maximum Gasteiger partial charge on any atom is 0.417 e. The van der Waals surface area contributed by atoms with E-state index in [0.29, 0.717) is 11.9 Å². The topological polar surface area (TPSA) is 51.0 Å². The van der Waals surface area contributed by atoms with Crippen molar-refractivity contribution in [3.8, 4) is 5.82 Å². The van der Waals surface area contributed by atoms with Gasteiger partial charge >= 0.3 is 6.18 Å². The van der Waals surface area contributed by atoms with Crippen LogP contribution in [0.4, 0.5) is 18.9 Å². The van der Waals surface area contributed by atoms with Crippen LogP contribution in [-0.4, -0.2) is 27.9 Å². The van der Waals surface area contributed by atoms with Gasteiger partial charge in [-0.1, -0.05) is 24.4 Å². The van der Waals surface area contributed by atoms with E-state index in [-0.39, 0.29) is 10.8 Å². The molecule has 1 fully saturated rings. The van der Waals surface area contributed by atoms with E-state index in [1.54, 1.807) is 0 Å². The summed E-state index contributed by atoms with van der Waals surface area (Å²) in [6.07, 6.45) is 1.94. The van der Waals surface area contributed by atoms with Gasteiger partial charge in [0.25, 0.3) is 5.56 Å². The Balaban J connectivity index is 1.93. The number of alkyl halides is 3. The standard InChI is InChI=1S/C16H16ClF3N4O/c17-14-12(23-7-3-1-2-4-8-23)10-22-24(15(14)25)13-6-5-11(9-21-13)16(18,19)20/h5-6,9-10H,1-4,7-8H2. The minimum Gasteiger partial charge on any atom is -0.369 e. The van der Waals surface area contributed by atoms with Gasteiger partial charge in [0.1, 0.15) is 5.02 Å². The van der Waals surface area contributed by atoms with Crippen LogP contribution in [0.1, 0.15) is 31.2 Å². The first-order chi connectivity index (χ1) is 11.9. The van der Waals surface area contributed by atoms with E-state index in [9.17, 15) is 18.0 Å².